The van der Waals surface area contributed by atoms with Crippen molar-refractivity contribution in [3.05, 3.63) is 69.9 Å². The molecule has 21 heavy (non-hydrogen) atoms. The van der Waals surface area contributed by atoms with Gasteiger partial charge in [-0.3, -0.25) is 4.99 Å². The van der Waals surface area contributed by atoms with Crippen molar-refractivity contribution < 1.29 is 4.39 Å². The van der Waals surface area contributed by atoms with Crippen LogP contribution in [0.4, 0.5) is 4.39 Å². The molecule has 0 aromatic heterocycles. The monoisotopic (exact) mass is 347 g/mol. The number of aliphatic imine (C=N–C) groups is 1. The highest BCUT2D eigenvalue weighted by Crippen LogP contribution is 2.33. The van der Waals surface area contributed by atoms with Crippen LogP contribution < -0.4 is 5.73 Å². The molecule has 0 saturated carbocycles. The zero-order chi connectivity index (χ0) is 14.8. The van der Waals surface area contributed by atoms with E-state index in [1.165, 1.54) is 6.07 Å². The van der Waals surface area contributed by atoms with E-state index in [4.69, 9.17) is 5.73 Å². The first-order valence-electron chi connectivity index (χ1n) is 6.71. The first kappa shape index (κ1) is 14.1. The third-order valence-corrected chi connectivity index (χ3v) is 4.32. The average Bonchev–Trinajstić information content (AvgIpc) is 2.82. The van der Waals surface area contributed by atoms with Crippen LogP contribution in [0, 0.1) is 5.82 Å². The third-order valence-electron chi connectivity index (χ3n) is 3.63. The van der Waals surface area contributed by atoms with Crippen molar-refractivity contribution in [2.45, 2.75) is 12.6 Å². The van der Waals surface area contributed by atoms with Gasteiger partial charge in [0.25, 0.3) is 0 Å². The van der Waals surface area contributed by atoms with Gasteiger partial charge in [-0.1, -0.05) is 52.3 Å². The van der Waals surface area contributed by atoms with E-state index in [2.05, 4.69) is 20.9 Å². The number of guanidine groups is 1. The van der Waals surface area contributed by atoms with Crippen LogP contribution in [0.3, 0.4) is 0 Å². The van der Waals surface area contributed by atoms with Gasteiger partial charge in [0.15, 0.2) is 5.96 Å². The minimum Gasteiger partial charge on any atom is -0.370 e. The maximum absolute atomic E-state index is 14.2. The van der Waals surface area contributed by atoms with Gasteiger partial charge < -0.3 is 10.6 Å². The second-order valence-corrected chi connectivity index (χ2v) is 5.82. The highest BCUT2D eigenvalue weighted by molar-refractivity contribution is 9.10. The third kappa shape index (κ3) is 2.78. The molecular formula is C16H15BrFN3. The van der Waals surface area contributed by atoms with Gasteiger partial charge in [-0.2, -0.15) is 0 Å². The lowest BCUT2D eigenvalue weighted by Gasteiger charge is -2.27. The molecule has 1 aliphatic heterocycles. The molecule has 3 rings (SSSR count). The van der Waals surface area contributed by atoms with Crippen molar-refractivity contribution in [2.24, 2.45) is 10.7 Å². The number of benzene rings is 2. The lowest BCUT2D eigenvalue weighted by atomic mass is 10.0. The summed E-state index contributed by atoms with van der Waals surface area (Å²) in [5.41, 5.74) is 7.72. The molecule has 0 fully saturated rings. The topological polar surface area (TPSA) is 41.6 Å². The maximum atomic E-state index is 14.2. The fourth-order valence-corrected chi connectivity index (χ4v) is 3.18. The van der Waals surface area contributed by atoms with E-state index in [0.29, 0.717) is 24.6 Å². The molecule has 2 aromatic carbocycles. The Morgan fingerprint density at radius 3 is 2.67 bits per heavy atom. The van der Waals surface area contributed by atoms with E-state index >= 15 is 0 Å². The predicted octanol–water partition coefficient (Wildman–Crippen LogP) is 3.46. The second kappa shape index (κ2) is 5.85. The van der Waals surface area contributed by atoms with Crippen LogP contribution in [0.25, 0.3) is 0 Å². The molecule has 2 aromatic rings. The van der Waals surface area contributed by atoms with Gasteiger partial charge in [0.05, 0.1) is 12.6 Å². The molecule has 5 heteroatoms. The van der Waals surface area contributed by atoms with E-state index in [1.807, 2.05) is 41.3 Å². The highest BCUT2D eigenvalue weighted by atomic mass is 79.9. The van der Waals surface area contributed by atoms with Crippen LogP contribution in [0.5, 0.6) is 0 Å². The molecule has 0 saturated heterocycles. The molecule has 0 bridgehead atoms. The Morgan fingerprint density at radius 1 is 1.19 bits per heavy atom. The van der Waals surface area contributed by atoms with Gasteiger partial charge >= 0.3 is 0 Å². The summed E-state index contributed by atoms with van der Waals surface area (Å²) in [6.07, 6.45) is 0. The standard InChI is InChI=1S/C16H15BrFN3/c17-12-7-4-8-13(18)15(12)14-9-20-16(19)21(14)10-11-5-2-1-3-6-11/h1-8,14H,9-10H2,(H2,19,20). The molecule has 0 amide bonds. The molecule has 2 N–H and O–H groups in total. The summed E-state index contributed by atoms with van der Waals surface area (Å²) in [6, 6.07) is 14.8. The van der Waals surface area contributed by atoms with Crippen LogP contribution in [-0.4, -0.2) is 17.4 Å². The number of hydrogen-bond donors (Lipinski definition) is 1. The zero-order valence-electron chi connectivity index (χ0n) is 11.3. The smallest absolute Gasteiger partial charge is 0.192 e. The highest BCUT2D eigenvalue weighted by Gasteiger charge is 2.30. The van der Waals surface area contributed by atoms with Crippen molar-refractivity contribution in [2.75, 3.05) is 6.54 Å². The van der Waals surface area contributed by atoms with Gasteiger partial charge in [0, 0.05) is 16.6 Å². The van der Waals surface area contributed by atoms with Gasteiger partial charge in [-0.05, 0) is 17.7 Å². The Bertz CT molecular complexity index is 652. The summed E-state index contributed by atoms with van der Waals surface area (Å²) >= 11 is 3.43. The maximum Gasteiger partial charge on any atom is 0.192 e. The van der Waals surface area contributed by atoms with Gasteiger partial charge in [0.2, 0.25) is 0 Å². The van der Waals surface area contributed by atoms with Crippen molar-refractivity contribution in [1.82, 2.24) is 4.90 Å². The first-order chi connectivity index (χ1) is 10.2. The molecule has 3 nitrogen and oxygen atoms in total. The van der Waals surface area contributed by atoms with Crippen LogP contribution in [-0.2, 0) is 6.54 Å². The number of hydrogen-bond acceptors (Lipinski definition) is 3. The SMILES string of the molecule is NC1=NCC(c2c(F)cccc2Br)N1Cc1ccccc1. The average molecular weight is 348 g/mol. The lowest BCUT2D eigenvalue weighted by molar-refractivity contribution is 0.330. The Kier molecular flexibility index (Phi) is 3.92. The number of nitrogens with two attached hydrogens (primary N) is 1. The molecular weight excluding hydrogens is 333 g/mol. The van der Waals surface area contributed by atoms with Crippen LogP contribution in [0.15, 0.2) is 58.0 Å². The van der Waals surface area contributed by atoms with Crippen molar-refractivity contribution in [3.63, 3.8) is 0 Å². The Hall–Kier alpha value is -1.88. The summed E-state index contributed by atoms with van der Waals surface area (Å²) in [7, 11) is 0. The van der Waals surface area contributed by atoms with E-state index in [9.17, 15) is 4.39 Å². The number of halogens is 2. The molecule has 108 valence electrons. The molecule has 1 aliphatic rings. The quantitative estimate of drug-likeness (QED) is 0.923. The molecule has 0 spiro atoms. The van der Waals surface area contributed by atoms with Crippen molar-refractivity contribution in [3.8, 4) is 0 Å². The van der Waals surface area contributed by atoms with Crippen molar-refractivity contribution in [1.29, 1.82) is 0 Å². The summed E-state index contributed by atoms with van der Waals surface area (Å²) in [5.74, 6) is 0.219. The van der Waals surface area contributed by atoms with E-state index in [0.717, 1.165) is 10.0 Å². The van der Waals surface area contributed by atoms with Crippen molar-refractivity contribution >= 4 is 21.9 Å². The number of rotatable bonds is 3. The second-order valence-electron chi connectivity index (χ2n) is 4.96. The summed E-state index contributed by atoms with van der Waals surface area (Å²) in [4.78, 5) is 6.23. The zero-order valence-corrected chi connectivity index (χ0v) is 12.9. The Morgan fingerprint density at radius 2 is 1.95 bits per heavy atom. The normalized spacial score (nSPS) is 17.9. The molecule has 1 atom stereocenters. The molecule has 1 heterocycles. The van der Waals surface area contributed by atoms with Crippen LogP contribution in [0.2, 0.25) is 0 Å². The summed E-state index contributed by atoms with van der Waals surface area (Å²) in [5, 5.41) is 0. The summed E-state index contributed by atoms with van der Waals surface area (Å²) in [6.45, 7) is 1.08. The molecule has 0 aliphatic carbocycles. The minimum atomic E-state index is -0.239. The van der Waals surface area contributed by atoms with E-state index in [-0.39, 0.29) is 11.9 Å². The fourth-order valence-electron chi connectivity index (χ4n) is 2.58. The van der Waals surface area contributed by atoms with Gasteiger partial charge in [-0.15, -0.1) is 0 Å². The van der Waals surface area contributed by atoms with Gasteiger partial charge in [0.1, 0.15) is 5.82 Å². The van der Waals surface area contributed by atoms with E-state index in [1.54, 1.807) is 6.07 Å². The Labute approximate surface area is 131 Å². The Balaban J connectivity index is 1.92. The molecule has 1 unspecified atom stereocenters. The van der Waals surface area contributed by atoms with Gasteiger partial charge in [-0.25, -0.2) is 4.39 Å². The molecule has 0 radical (unpaired) electrons. The van der Waals surface area contributed by atoms with Crippen LogP contribution in [0.1, 0.15) is 17.2 Å². The first-order valence-corrected chi connectivity index (χ1v) is 7.50. The summed E-state index contributed by atoms with van der Waals surface area (Å²) < 4.78 is 14.9. The van der Waals surface area contributed by atoms with E-state index < -0.39 is 0 Å². The minimum absolute atomic E-state index is 0.180. The fraction of sp³-hybridized carbons (Fsp3) is 0.188. The largest absolute Gasteiger partial charge is 0.370 e. The predicted molar refractivity (Wildman–Crippen MR) is 85.3 cm³/mol. The van der Waals surface area contributed by atoms with Crippen LogP contribution >= 0.6 is 15.9 Å². The lowest BCUT2D eigenvalue weighted by Crippen LogP contribution is -2.36. The number of nitrogens with zero attached hydrogens (tertiary/aromatic N) is 2.